The monoisotopic (exact) mass is 306 g/mol. The average molecular weight is 306 g/mol. The van der Waals surface area contributed by atoms with E-state index in [1.165, 1.54) is 11.3 Å². The third-order valence-corrected chi connectivity index (χ3v) is 3.69. The number of unbranched alkanes of at least 4 members (excludes halogenated alkanes) is 1. The molecule has 0 fully saturated rings. The number of hydrogen-bond donors (Lipinski definition) is 2. The molecule has 6 nitrogen and oxygen atoms in total. The summed E-state index contributed by atoms with van der Waals surface area (Å²) in [4.78, 5) is 20.3. The highest BCUT2D eigenvalue weighted by atomic mass is 32.1. The van der Waals surface area contributed by atoms with Crippen LogP contribution in [0.5, 0.6) is 5.19 Å². The number of nitrogen functional groups attached to an aromatic ring is 1. The van der Waals surface area contributed by atoms with Crippen LogP contribution in [0.25, 0.3) is 0 Å². The van der Waals surface area contributed by atoms with E-state index in [0.29, 0.717) is 22.4 Å². The van der Waals surface area contributed by atoms with E-state index in [1.54, 1.807) is 18.5 Å². The predicted molar refractivity (Wildman–Crippen MR) is 83.9 cm³/mol. The SMILES string of the molecule is CCCCOc1ncc(NC(=O)c2c(C)ccnc2N)s1. The number of nitrogens with zero attached hydrogens (tertiary/aromatic N) is 2. The molecule has 2 rings (SSSR count). The van der Waals surface area contributed by atoms with Gasteiger partial charge in [-0.1, -0.05) is 24.7 Å². The molecule has 0 saturated carbocycles. The van der Waals surface area contributed by atoms with Gasteiger partial charge >= 0.3 is 0 Å². The van der Waals surface area contributed by atoms with Crippen molar-refractivity contribution in [1.29, 1.82) is 0 Å². The van der Waals surface area contributed by atoms with Crippen molar-refractivity contribution in [2.45, 2.75) is 26.7 Å². The molecule has 0 aromatic carbocycles. The van der Waals surface area contributed by atoms with Crippen molar-refractivity contribution in [1.82, 2.24) is 9.97 Å². The summed E-state index contributed by atoms with van der Waals surface area (Å²) < 4.78 is 5.48. The lowest BCUT2D eigenvalue weighted by Crippen LogP contribution is -2.15. The number of aromatic nitrogens is 2. The number of pyridine rings is 1. The third-order valence-electron chi connectivity index (χ3n) is 2.86. The number of rotatable bonds is 6. The average Bonchev–Trinajstić information content (AvgIpc) is 2.86. The van der Waals surface area contributed by atoms with Gasteiger partial charge in [0.15, 0.2) is 0 Å². The van der Waals surface area contributed by atoms with Crippen LogP contribution in [0.1, 0.15) is 35.7 Å². The minimum Gasteiger partial charge on any atom is -0.470 e. The molecule has 0 saturated heterocycles. The Morgan fingerprint density at radius 3 is 3.00 bits per heavy atom. The largest absolute Gasteiger partial charge is 0.470 e. The standard InChI is InChI=1S/C14H18N4O2S/c1-3-4-7-20-14-17-8-10(21-14)18-13(19)11-9(2)5-6-16-12(11)15/h5-6,8H,3-4,7H2,1-2H3,(H2,15,16)(H,18,19). The maximum Gasteiger partial charge on any atom is 0.275 e. The first kappa shape index (κ1) is 15.2. The second-order valence-electron chi connectivity index (χ2n) is 4.53. The molecule has 2 aromatic heterocycles. The van der Waals surface area contributed by atoms with E-state index in [1.807, 2.05) is 6.92 Å². The Hall–Kier alpha value is -2.15. The molecule has 0 atom stereocenters. The number of anilines is 2. The highest BCUT2D eigenvalue weighted by molar-refractivity contribution is 7.17. The number of ether oxygens (including phenoxy) is 1. The molecule has 0 aliphatic rings. The molecule has 1 amide bonds. The number of nitrogens with one attached hydrogen (secondary N) is 1. The molecule has 7 heteroatoms. The number of thiazole rings is 1. The van der Waals surface area contributed by atoms with Crippen molar-refractivity contribution in [3.05, 3.63) is 29.6 Å². The Balaban J connectivity index is 2.03. The van der Waals surface area contributed by atoms with E-state index in [2.05, 4.69) is 22.2 Å². The number of aryl methyl sites for hydroxylation is 1. The van der Waals surface area contributed by atoms with Crippen LogP contribution in [-0.4, -0.2) is 22.5 Å². The van der Waals surface area contributed by atoms with Crippen molar-refractivity contribution < 1.29 is 9.53 Å². The smallest absolute Gasteiger partial charge is 0.275 e. The fourth-order valence-electron chi connectivity index (χ4n) is 1.74. The Morgan fingerprint density at radius 2 is 2.29 bits per heavy atom. The molecule has 0 unspecified atom stereocenters. The zero-order valence-corrected chi connectivity index (χ0v) is 12.9. The van der Waals surface area contributed by atoms with E-state index >= 15 is 0 Å². The summed E-state index contributed by atoms with van der Waals surface area (Å²) in [6, 6.07) is 1.75. The van der Waals surface area contributed by atoms with E-state index in [9.17, 15) is 4.79 Å². The normalized spacial score (nSPS) is 10.4. The summed E-state index contributed by atoms with van der Waals surface area (Å²) in [6.45, 7) is 4.54. The predicted octanol–water partition coefficient (Wildman–Crippen LogP) is 2.86. The van der Waals surface area contributed by atoms with Crippen LogP contribution >= 0.6 is 11.3 Å². The van der Waals surface area contributed by atoms with Crippen molar-refractivity contribution in [2.75, 3.05) is 17.7 Å². The fourth-order valence-corrected chi connectivity index (χ4v) is 2.42. The van der Waals surface area contributed by atoms with Gasteiger partial charge < -0.3 is 15.8 Å². The summed E-state index contributed by atoms with van der Waals surface area (Å²) in [7, 11) is 0. The molecule has 0 bridgehead atoms. The minimum atomic E-state index is -0.290. The van der Waals surface area contributed by atoms with Gasteiger partial charge in [-0.25, -0.2) is 9.97 Å². The van der Waals surface area contributed by atoms with E-state index in [4.69, 9.17) is 10.5 Å². The van der Waals surface area contributed by atoms with Crippen LogP contribution in [-0.2, 0) is 0 Å². The quantitative estimate of drug-likeness (QED) is 0.801. The summed E-state index contributed by atoms with van der Waals surface area (Å²) in [5, 5.41) is 3.94. The first-order chi connectivity index (χ1) is 10.1. The number of nitrogens with two attached hydrogens (primary N) is 1. The van der Waals surface area contributed by atoms with Gasteiger partial charge in [-0.15, -0.1) is 0 Å². The molecule has 2 heterocycles. The Morgan fingerprint density at radius 1 is 1.48 bits per heavy atom. The maximum absolute atomic E-state index is 12.2. The summed E-state index contributed by atoms with van der Waals surface area (Å²) in [5.74, 6) is -0.0710. The number of amides is 1. The molecule has 0 radical (unpaired) electrons. The van der Waals surface area contributed by atoms with Gasteiger partial charge in [0.05, 0.1) is 18.4 Å². The summed E-state index contributed by atoms with van der Waals surface area (Å²) >= 11 is 1.29. The number of hydrogen-bond acceptors (Lipinski definition) is 6. The van der Waals surface area contributed by atoms with Gasteiger partial charge in [-0.3, -0.25) is 4.79 Å². The van der Waals surface area contributed by atoms with Crippen LogP contribution in [0, 0.1) is 6.92 Å². The maximum atomic E-state index is 12.2. The lowest BCUT2D eigenvalue weighted by molar-refractivity contribution is 0.102. The second-order valence-corrected chi connectivity index (χ2v) is 5.53. The first-order valence-electron chi connectivity index (χ1n) is 6.73. The Bertz CT molecular complexity index is 607. The molecule has 2 aromatic rings. The van der Waals surface area contributed by atoms with E-state index in [0.717, 1.165) is 18.4 Å². The van der Waals surface area contributed by atoms with Gasteiger partial charge in [0, 0.05) is 6.20 Å². The first-order valence-corrected chi connectivity index (χ1v) is 7.54. The number of carbonyl (C=O) groups excluding carboxylic acids is 1. The van der Waals surface area contributed by atoms with Crippen molar-refractivity contribution >= 4 is 28.1 Å². The van der Waals surface area contributed by atoms with Crippen molar-refractivity contribution in [2.24, 2.45) is 0 Å². The van der Waals surface area contributed by atoms with E-state index in [-0.39, 0.29) is 11.7 Å². The molecule has 0 spiro atoms. The molecule has 0 aliphatic heterocycles. The highest BCUT2D eigenvalue weighted by Gasteiger charge is 2.15. The van der Waals surface area contributed by atoms with Gasteiger partial charge in [-0.05, 0) is 25.0 Å². The van der Waals surface area contributed by atoms with Crippen molar-refractivity contribution in [3.8, 4) is 5.19 Å². The molecule has 112 valence electrons. The number of carbonyl (C=O) groups is 1. The zero-order chi connectivity index (χ0) is 15.2. The summed E-state index contributed by atoms with van der Waals surface area (Å²) in [6.07, 6.45) is 5.20. The minimum absolute atomic E-state index is 0.219. The lowest BCUT2D eigenvalue weighted by Gasteiger charge is -2.07. The Labute approximate surface area is 127 Å². The van der Waals surface area contributed by atoms with Crippen LogP contribution < -0.4 is 15.8 Å². The molecular weight excluding hydrogens is 288 g/mol. The van der Waals surface area contributed by atoms with Crippen LogP contribution in [0.3, 0.4) is 0 Å². The third kappa shape index (κ3) is 3.91. The van der Waals surface area contributed by atoms with Crippen LogP contribution in [0.4, 0.5) is 10.8 Å². The van der Waals surface area contributed by atoms with Crippen molar-refractivity contribution in [3.63, 3.8) is 0 Å². The second kappa shape index (κ2) is 7.03. The fraction of sp³-hybridized carbons (Fsp3) is 0.357. The molecular formula is C14H18N4O2S. The van der Waals surface area contributed by atoms with Crippen LogP contribution in [0.2, 0.25) is 0 Å². The van der Waals surface area contributed by atoms with Gasteiger partial charge in [0.1, 0.15) is 10.8 Å². The zero-order valence-electron chi connectivity index (χ0n) is 12.0. The van der Waals surface area contributed by atoms with Crippen LogP contribution in [0.15, 0.2) is 18.5 Å². The van der Waals surface area contributed by atoms with Gasteiger partial charge in [0.2, 0.25) is 0 Å². The topological polar surface area (TPSA) is 90.1 Å². The molecule has 21 heavy (non-hydrogen) atoms. The lowest BCUT2D eigenvalue weighted by atomic mass is 10.1. The molecule has 3 N–H and O–H groups in total. The Kier molecular flexibility index (Phi) is 5.10. The summed E-state index contributed by atoms with van der Waals surface area (Å²) in [5.41, 5.74) is 6.92. The highest BCUT2D eigenvalue weighted by Crippen LogP contribution is 2.26. The van der Waals surface area contributed by atoms with Gasteiger partial charge in [0.25, 0.3) is 11.1 Å². The molecule has 0 aliphatic carbocycles. The van der Waals surface area contributed by atoms with Gasteiger partial charge in [-0.2, -0.15) is 0 Å². The van der Waals surface area contributed by atoms with E-state index < -0.39 is 0 Å².